The van der Waals surface area contributed by atoms with Crippen molar-refractivity contribution in [1.29, 1.82) is 0 Å². The van der Waals surface area contributed by atoms with Crippen LogP contribution in [0.1, 0.15) is 35.0 Å². The van der Waals surface area contributed by atoms with Crippen molar-refractivity contribution in [1.82, 2.24) is 15.0 Å². The van der Waals surface area contributed by atoms with Crippen molar-refractivity contribution < 1.29 is 0 Å². The molecule has 1 aromatic carbocycles. The van der Waals surface area contributed by atoms with E-state index in [9.17, 15) is 0 Å². The second-order valence-electron chi connectivity index (χ2n) is 4.32. The van der Waals surface area contributed by atoms with Gasteiger partial charge in [0.25, 0.3) is 0 Å². The van der Waals surface area contributed by atoms with Crippen LogP contribution in [0.15, 0.2) is 30.3 Å². The summed E-state index contributed by atoms with van der Waals surface area (Å²) in [5, 5.41) is 4.02. The van der Waals surface area contributed by atoms with E-state index in [-0.39, 0.29) is 6.04 Å². The minimum Gasteiger partial charge on any atom is -0.271 e. The van der Waals surface area contributed by atoms with Gasteiger partial charge in [-0.2, -0.15) is 0 Å². The lowest BCUT2D eigenvalue weighted by molar-refractivity contribution is 0.503. The van der Waals surface area contributed by atoms with Crippen LogP contribution in [-0.4, -0.2) is 9.59 Å². The Labute approximate surface area is 111 Å². The van der Waals surface area contributed by atoms with Gasteiger partial charge in [-0.05, 0) is 43.3 Å². The summed E-state index contributed by atoms with van der Waals surface area (Å²) in [4.78, 5) is 1.14. The van der Waals surface area contributed by atoms with E-state index in [1.165, 1.54) is 17.1 Å². The van der Waals surface area contributed by atoms with Crippen molar-refractivity contribution in [3.63, 3.8) is 0 Å². The van der Waals surface area contributed by atoms with Gasteiger partial charge in [0.1, 0.15) is 0 Å². The van der Waals surface area contributed by atoms with E-state index < -0.39 is 0 Å². The summed E-state index contributed by atoms with van der Waals surface area (Å²) in [6.45, 7) is 1.97. The molecule has 0 aliphatic rings. The Bertz CT molecular complexity index is 469. The topological polar surface area (TPSA) is 63.8 Å². The van der Waals surface area contributed by atoms with Crippen LogP contribution in [-0.2, 0) is 6.42 Å². The number of nitrogens with zero attached hydrogens (tertiary/aromatic N) is 2. The largest absolute Gasteiger partial charge is 0.271 e. The molecule has 0 fully saturated rings. The van der Waals surface area contributed by atoms with Crippen molar-refractivity contribution in [2.75, 3.05) is 0 Å². The molecule has 18 heavy (non-hydrogen) atoms. The number of nitrogens with one attached hydrogen (secondary N) is 1. The first-order valence-corrected chi connectivity index (χ1v) is 6.87. The van der Waals surface area contributed by atoms with Crippen LogP contribution in [0.3, 0.4) is 0 Å². The molecule has 1 heterocycles. The fourth-order valence-electron chi connectivity index (χ4n) is 2.00. The molecular weight excluding hydrogens is 244 g/mol. The minimum atomic E-state index is 0.161. The zero-order valence-electron chi connectivity index (χ0n) is 10.5. The standard InChI is InChI=1S/C13H18N4S/c1-10-13(18-17-16-10)12(15-14)9-5-8-11-6-3-2-4-7-11/h2-4,6-7,12,15H,5,8-9,14H2,1H3. The van der Waals surface area contributed by atoms with Gasteiger partial charge in [0.15, 0.2) is 0 Å². The molecule has 1 unspecified atom stereocenters. The van der Waals surface area contributed by atoms with Crippen LogP contribution in [0.5, 0.6) is 0 Å². The lowest BCUT2D eigenvalue weighted by atomic mass is 10.0. The second kappa shape index (κ2) is 6.58. The lowest BCUT2D eigenvalue weighted by Gasteiger charge is -2.13. The maximum Gasteiger partial charge on any atom is 0.0773 e. The van der Waals surface area contributed by atoms with Crippen molar-refractivity contribution in [3.05, 3.63) is 46.5 Å². The molecule has 0 spiro atoms. The van der Waals surface area contributed by atoms with E-state index >= 15 is 0 Å². The monoisotopic (exact) mass is 262 g/mol. The van der Waals surface area contributed by atoms with Crippen molar-refractivity contribution >= 4 is 11.5 Å². The van der Waals surface area contributed by atoms with Gasteiger partial charge in [0.2, 0.25) is 0 Å². The highest BCUT2D eigenvalue weighted by Crippen LogP contribution is 2.23. The van der Waals surface area contributed by atoms with E-state index in [1.807, 2.05) is 13.0 Å². The quantitative estimate of drug-likeness (QED) is 0.619. The molecule has 4 nitrogen and oxygen atoms in total. The molecule has 2 rings (SSSR count). The van der Waals surface area contributed by atoms with Gasteiger partial charge in [-0.1, -0.05) is 34.8 Å². The first kappa shape index (κ1) is 13.1. The molecule has 0 bridgehead atoms. The molecule has 2 aromatic rings. The smallest absolute Gasteiger partial charge is 0.0773 e. The Kier molecular flexibility index (Phi) is 4.81. The number of aromatic nitrogens is 2. The average molecular weight is 262 g/mol. The van der Waals surface area contributed by atoms with Crippen molar-refractivity contribution in [3.8, 4) is 0 Å². The zero-order valence-corrected chi connectivity index (χ0v) is 11.3. The Morgan fingerprint density at radius 2 is 2.11 bits per heavy atom. The van der Waals surface area contributed by atoms with E-state index in [0.717, 1.165) is 29.8 Å². The summed E-state index contributed by atoms with van der Waals surface area (Å²) >= 11 is 1.42. The van der Waals surface area contributed by atoms with Gasteiger partial charge in [0.05, 0.1) is 16.6 Å². The number of aryl methyl sites for hydroxylation is 2. The fraction of sp³-hybridized carbons (Fsp3) is 0.385. The third kappa shape index (κ3) is 3.35. The minimum absolute atomic E-state index is 0.161. The number of hydrazine groups is 1. The Morgan fingerprint density at radius 1 is 1.33 bits per heavy atom. The Balaban J connectivity index is 1.87. The average Bonchev–Trinajstić information content (AvgIpc) is 2.82. The molecular formula is C13H18N4S. The van der Waals surface area contributed by atoms with Gasteiger partial charge in [-0.25, -0.2) is 0 Å². The Morgan fingerprint density at radius 3 is 2.72 bits per heavy atom. The highest BCUT2D eigenvalue weighted by Gasteiger charge is 2.15. The number of hydrogen-bond donors (Lipinski definition) is 2. The molecule has 0 aliphatic heterocycles. The van der Waals surface area contributed by atoms with Crippen LogP contribution in [0.4, 0.5) is 0 Å². The number of rotatable bonds is 6. The summed E-state index contributed by atoms with van der Waals surface area (Å²) in [5.41, 5.74) is 5.20. The Hall–Kier alpha value is -1.30. The molecule has 0 saturated heterocycles. The zero-order chi connectivity index (χ0) is 12.8. The molecule has 0 amide bonds. The molecule has 1 atom stereocenters. The van der Waals surface area contributed by atoms with E-state index in [4.69, 9.17) is 5.84 Å². The molecule has 3 N–H and O–H groups in total. The third-order valence-corrected chi connectivity index (χ3v) is 3.95. The van der Waals surface area contributed by atoms with Gasteiger partial charge in [-0.3, -0.25) is 11.3 Å². The van der Waals surface area contributed by atoms with Crippen molar-refractivity contribution in [2.24, 2.45) is 5.84 Å². The molecule has 0 radical (unpaired) electrons. The van der Waals surface area contributed by atoms with E-state index in [0.29, 0.717) is 0 Å². The first-order chi connectivity index (χ1) is 8.81. The number of benzene rings is 1. The fourth-order valence-corrected chi connectivity index (χ4v) is 2.74. The molecule has 0 aliphatic carbocycles. The summed E-state index contributed by atoms with van der Waals surface area (Å²) in [5.74, 6) is 5.61. The van der Waals surface area contributed by atoms with Crippen LogP contribution in [0, 0.1) is 6.92 Å². The molecule has 0 saturated carbocycles. The highest BCUT2D eigenvalue weighted by atomic mass is 32.1. The first-order valence-electron chi connectivity index (χ1n) is 6.10. The maximum absolute atomic E-state index is 5.61. The molecule has 1 aromatic heterocycles. The number of nitrogens with two attached hydrogens (primary N) is 1. The summed E-state index contributed by atoms with van der Waals surface area (Å²) in [7, 11) is 0. The van der Waals surface area contributed by atoms with Gasteiger partial charge in [-0.15, -0.1) is 5.10 Å². The van der Waals surface area contributed by atoms with E-state index in [1.54, 1.807) is 0 Å². The third-order valence-electron chi connectivity index (χ3n) is 3.01. The van der Waals surface area contributed by atoms with Gasteiger partial charge < -0.3 is 0 Å². The second-order valence-corrected chi connectivity index (χ2v) is 5.11. The predicted octanol–water partition coefficient (Wildman–Crippen LogP) is 2.37. The predicted molar refractivity (Wildman–Crippen MR) is 74.1 cm³/mol. The SMILES string of the molecule is Cc1nnsc1C(CCCc1ccccc1)NN. The van der Waals surface area contributed by atoms with E-state index in [2.05, 4.69) is 39.3 Å². The maximum atomic E-state index is 5.61. The summed E-state index contributed by atoms with van der Waals surface area (Å²) in [6, 6.07) is 10.7. The van der Waals surface area contributed by atoms with Crippen LogP contribution < -0.4 is 11.3 Å². The van der Waals surface area contributed by atoms with Gasteiger partial charge in [0, 0.05) is 0 Å². The summed E-state index contributed by atoms with van der Waals surface area (Å²) in [6.07, 6.45) is 3.16. The lowest BCUT2D eigenvalue weighted by Crippen LogP contribution is -2.28. The van der Waals surface area contributed by atoms with Crippen LogP contribution in [0.2, 0.25) is 0 Å². The normalized spacial score (nSPS) is 12.6. The van der Waals surface area contributed by atoms with Crippen LogP contribution in [0.25, 0.3) is 0 Å². The summed E-state index contributed by atoms with van der Waals surface area (Å²) < 4.78 is 3.95. The van der Waals surface area contributed by atoms with Gasteiger partial charge >= 0.3 is 0 Å². The highest BCUT2D eigenvalue weighted by molar-refractivity contribution is 7.05. The van der Waals surface area contributed by atoms with Crippen LogP contribution >= 0.6 is 11.5 Å². The van der Waals surface area contributed by atoms with Crippen molar-refractivity contribution in [2.45, 2.75) is 32.2 Å². The molecule has 96 valence electrons. The number of hydrogen-bond acceptors (Lipinski definition) is 5. The molecule has 5 heteroatoms.